The molecule has 5 heteroatoms. The standard InChI is InChI=1S/C13H19Cl2NOS.C6H4/c1-13(17,8-16(2)3)9-18-7-10-4-5-11(14)6-12(10)15;1-2-6-4-3-5(1)6/h4-6,17H,7-9H2,1-3H3;1-4H. The third-order valence-electron chi connectivity index (χ3n) is 3.56. The van der Waals surface area contributed by atoms with E-state index in [0.29, 0.717) is 22.3 Å². The van der Waals surface area contributed by atoms with Gasteiger partial charge in [-0.05, 0) is 49.2 Å². The van der Waals surface area contributed by atoms with Gasteiger partial charge in [0.2, 0.25) is 0 Å². The Labute approximate surface area is 158 Å². The van der Waals surface area contributed by atoms with Crippen LogP contribution in [0.25, 0.3) is 0 Å². The van der Waals surface area contributed by atoms with E-state index in [1.54, 1.807) is 17.8 Å². The van der Waals surface area contributed by atoms with Crippen LogP contribution in [-0.4, -0.2) is 42.0 Å². The number of benzene rings is 2. The van der Waals surface area contributed by atoms with Crippen molar-refractivity contribution >= 4 is 35.0 Å². The van der Waals surface area contributed by atoms with E-state index in [1.165, 1.54) is 10.4 Å². The summed E-state index contributed by atoms with van der Waals surface area (Å²) in [6.45, 7) is 2.50. The van der Waals surface area contributed by atoms with Crippen molar-refractivity contribution in [3.8, 4) is 0 Å². The summed E-state index contributed by atoms with van der Waals surface area (Å²) in [5, 5.41) is 14.3. The SMILES string of the molecule is CN(C)CC(C)(O)CSCc1ccc(Cl)cc1Cl.c1cc2ccc1=2. The monoisotopic (exact) mass is 383 g/mol. The van der Waals surface area contributed by atoms with Gasteiger partial charge in [-0.1, -0.05) is 53.5 Å². The first-order chi connectivity index (χ1) is 11.3. The predicted octanol–water partition coefficient (Wildman–Crippen LogP) is 4.83. The van der Waals surface area contributed by atoms with Gasteiger partial charge in [-0.2, -0.15) is 11.8 Å². The summed E-state index contributed by atoms with van der Waals surface area (Å²) in [5.74, 6) is 1.45. The van der Waals surface area contributed by atoms with Crippen LogP contribution in [-0.2, 0) is 5.75 Å². The molecule has 2 aliphatic carbocycles. The van der Waals surface area contributed by atoms with E-state index < -0.39 is 5.60 Å². The normalized spacial score (nSPS) is 14.0. The van der Waals surface area contributed by atoms with Crippen LogP contribution in [0, 0.1) is 10.4 Å². The van der Waals surface area contributed by atoms with Crippen LogP contribution in [0.15, 0.2) is 42.5 Å². The molecule has 0 heterocycles. The summed E-state index contributed by atoms with van der Waals surface area (Å²) in [7, 11) is 3.91. The second-order valence-electron chi connectivity index (χ2n) is 6.54. The number of nitrogens with zero attached hydrogens (tertiary/aromatic N) is 1. The highest BCUT2D eigenvalue weighted by Gasteiger charge is 2.21. The van der Waals surface area contributed by atoms with Crippen LogP contribution in [0.3, 0.4) is 0 Å². The highest BCUT2D eigenvalue weighted by Crippen LogP contribution is 2.26. The van der Waals surface area contributed by atoms with E-state index in [9.17, 15) is 5.11 Å². The Morgan fingerprint density at radius 1 is 1.04 bits per heavy atom. The highest BCUT2D eigenvalue weighted by atomic mass is 35.5. The molecule has 1 atom stereocenters. The van der Waals surface area contributed by atoms with Gasteiger partial charge < -0.3 is 10.0 Å². The van der Waals surface area contributed by atoms with Gasteiger partial charge in [-0.25, -0.2) is 0 Å². The molecular formula is C19H23Cl2NOS. The molecule has 0 radical (unpaired) electrons. The lowest BCUT2D eigenvalue weighted by molar-refractivity contribution is 0.0565. The zero-order valence-electron chi connectivity index (χ0n) is 14.2. The maximum absolute atomic E-state index is 10.2. The summed E-state index contributed by atoms with van der Waals surface area (Å²) in [6.07, 6.45) is 0. The van der Waals surface area contributed by atoms with E-state index in [2.05, 4.69) is 24.3 Å². The molecule has 0 fully saturated rings. The maximum atomic E-state index is 10.2. The summed E-state index contributed by atoms with van der Waals surface area (Å²) >= 11 is 13.6. The van der Waals surface area contributed by atoms with Crippen molar-refractivity contribution in [2.75, 3.05) is 26.4 Å². The minimum absolute atomic E-state index is 0.647. The van der Waals surface area contributed by atoms with Gasteiger partial charge in [0.15, 0.2) is 0 Å². The molecule has 0 bridgehead atoms. The molecular weight excluding hydrogens is 361 g/mol. The Balaban J connectivity index is 0.000000282. The number of halogens is 2. The molecule has 0 saturated heterocycles. The van der Waals surface area contributed by atoms with Gasteiger partial charge >= 0.3 is 0 Å². The number of thioether (sulfide) groups is 1. The number of rotatable bonds is 6. The molecule has 3 rings (SSSR count). The lowest BCUT2D eigenvalue weighted by atomic mass is 10.1. The van der Waals surface area contributed by atoms with Crippen molar-refractivity contribution < 1.29 is 5.11 Å². The summed E-state index contributed by atoms with van der Waals surface area (Å²) in [4.78, 5) is 1.98. The summed E-state index contributed by atoms with van der Waals surface area (Å²) < 4.78 is 0. The maximum Gasteiger partial charge on any atom is 0.0835 e. The van der Waals surface area contributed by atoms with Crippen molar-refractivity contribution in [2.24, 2.45) is 0 Å². The average molecular weight is 384 g/mol. The largest absolute Gasteiger partial charge is 0.388 e. The molecule has 1 unspecified atom stereocenters. The second kappa shape index (κ2) is 8.59. The van der Waals surface area contributed by atoms with E-state index in [0.717, 1.165) is 11.3 Å². The lowest BCUT2D eigenvalue weighted by Gasteiger charge is -2.26. The zero-order valence-corrected chi connectivity index (χ0v) is 16.5. The molecule has 0 aromatic heterocycles. The highest BCUT2D eigenvalue weighted by molar-refractivity contribution is 7.98. The van der Waals surface area contributed by atoms with Crippen molar-refractivity contribution in [2.45, 2.75) is 18.3 Å². The predicted molar refractivity (Wildman–Crippen MR) is 106 cm³/mol. The first kappa shape index (κ1) is 19.6. The van der Waals surface area contributed by atoms with Crippen LogP contribution in [0.1, 0.15) is 12.5 Å². The molecule has 1 N–H and O–H groups in total. The fourth-order valence-corrected chi connectivity index (χ4v) is 4.07. The van der Waals surface area contributed by atoms with Crippen LogP contribution < -0.4 is 0 Å². The third-order valence-corrected chi connectivity index (χ3v) is 5.49. The van der Waals surface area contributed by atoms with Gasteiger partial charge in [-0.3, -0.25) is 0 Å². The van der Waals surface area contributed by atoms with Gasteiger partial charge in [0.1, 0.15) is 0 Å². The summed E-state index contributed by atoms with van der Waals surface area (Å²) in [6, 6.07) is 14.0. The molecule has 2 aliphatic rings. The topological polar surface area (TPSA) is 23.5 Å². The molecule has 1 aromatic carbocycles. The van der Waals surface area contributed by atoms with E-state index in [-0.39, 0.29) is 0 Å². The molecule has 130 valence electrons. The van der Waals surface area contributed by atoms with Gasteiger partial charge in [-0.15, -0.1) is 0 Å². The Morgan fingerprint density at radius 2 is 1.62 bits per heavy atom. The van der Waals surface area contributed by atoms with Gasteiger partial charge in [0.05, 0.1) is 5.60 Å². The Bertz CT molecular complexity index is 727. The zero-order chi connectivity index (χ0) is 17.7. The minimum atomic E-state index is -0.687. The minimum Gasteiger partial charge on any atom is -0.388 e. The number of hydrogen-bond donors (Lipinski definition) is 1. The van der Waals surface area contributed by atoms with Crippen molar-refractivity contribution in [1.82, 2.24) is 4.90 Å². The van der Waals surface area contributed by atoms with E-state index >= 15 is 0 Å². The molecule has 24 heavy (non-hydrogen) atoms. The van der Waals surface area contributed by atoms with Crippen LogP contribution in [0.5, 0.6) is 0 Å². The van der Waals surface area contributed by atoms with E-state index in [1.807, 2.05) is 38.1 Å². The van der Waals surface area contributed by atoms with Crippen LogP contribution in [0.4, 0.5) is 0 Å². The second-order valence-corrected chi connectivity index (χ2v) is 8.37. The Hall–Kier alpha value is -0.710. The molecule has 0 spiro atoms. The Kier molecular flexibility index (Phi) is 7.02. The quantitative estimate of drug-likeness (QED) is 0.659. The smallest absolute Gasteiger partial charge is 0.0835 e. The van der Waals surface area contributed by atoms with Crippen molar-refractivity contribution in [3.63, 3.8) is 0 Å². The van der Waals surface area contributed by atoms with Crippen LogP contribution in [0.2, 0.25) is 10.0 Å². The van der Waals surface area contributed by atoms with Crippen molar-refractivity contribution in [3.05, 3.63) is 68.5 Å². The van der Waals surface area contributed by atoms with Gasteiger partial charge in [0, 0.05) is 28.1 Å². The number of aliphatic hydroxyl groups is 1. The fourth-order valence-electron chi connectivity index (χ4n) is 2.41. The number of hydrogen-bond acceptors (Lipinski definition) is 3. The fraction of sp³-hybridized carbons (Fsp3) is 0.368. The van der Waals surface area contributed by atoms with Crippen LogP contribution >= 0.6 is 35.0 Å². The summed E-state index contributed by atoms with van der Waals surface area (Å²) in [5.41, 5.74) is 0.360. The molecule has 0 aliphatic heterocycles. The average Bonchev–Trinajstić information content (AvgIpc) is 2.44. The Morgan fingerprint density at radius 3 is 2.04 bits per heavy atom. The first-order valence-corrected chi connectivity index (χ1v) is 9.67. The number of likely N-dealkylation sites (N-methyl/N-ethyl adjacent to an activating group) is 1. The molecule has 0 saturated carbocycles. The van der Waals surface area contributed by atoms with E-state index in [4.69, 9.17) is 23.2 Å². The lowest BCUT2D eigenvalue weighted by Crippen LogP contribution is -2.39. The first-order valence-electron chi connectivity index (χ1n) is 7.76. The molecule has 2 nitrogen and oxygen atoms in total. The molecule has 1 aromatic rings. The van der Waals surface area contributed by atoms with Crippen molar-refractivity contribution in [1.29, 1.82) is 0 Å². The third kappa shape index (κ3) is 5.98. The van der Waals surface area contributed by atoms with Gasteiger partial charge in [0.25, 0.3) is 0 Å². The molecule has 0 amide bonds.